The second-order valence-electron chi connectivity index (χ2n) is 4.72. The summed E-state index contributed by atoms with van der Waals surface area (Å²) in [6.45, 7) is 0. The van der Waals surface area contributed by atoms with Gasteiger partial charge < -0.3 is 0 Å². The monoisotopic (exact) mass is 291 g/mol. The predicted octanol–water partition coefficient (Wildman–Crippen LogP) is 2.99. The third kappa shape index (κ3) is 2.10. The molecule has 0 aliphatic carbocycles. The summed E-state index contributed by atoms with van der Waals surface area (Å²) in [5.74, 6) is 0.795. The zero-order valence-corrected chi connectivity index (χ0v) is 11.4. The quantitative estimate of drug-likeness (QED) is 0.569. The lowest BCUT2D eigenvalue weighted by molar-refractivity contribution is 0.628. The highest BCUT2D eigenvalue weighted by Gasteiger charge is 2.11. The summed E-state index contributed by atoms with van der Waals surface area (Å²) >= 11 is 0. The van der Waals surface area contributed by atoms with E-state index in [1.165, 1.54) is 12.1 Å². The number of pyridine rings is 1. The molecule has 0 aliphatic heterocycles. The van der Waals surface area contributed by atoms with Crippen LogP contribution < -0.4 is 0 Å². The first-order valence-corrected chi connectivity index (χ1v) is 6.69. The van der Waals surface area contributed by atoms with Crippen LogP contribution in [0.25, 0.3) is 28.4 Å². The molecule has 1 aromatic carbocycles. The molecule has 0 N–H and O–H groups in total. The lowest BCUT2D eigenvalue weighted by Crippen LogP contribution is -1.96. The minimum absolute atomic E-state index is 0.273. The van der Waals surface area contributed by atoms with Crippen molar-refractivity contribution in [3.05, 3.63) is 66.9 Å². The lowest BCUT2D eigenvalue weighted by Gasteiger charge is -2.03. The van der Waals surface area contributed by atoms with Gasteiger partial charge in [-0.25, -0.2) is 9.37 Å². The Kier molecular flexibility index (Phi) is 2.86. The highest BCUT2D eigenvalue weighted by molar-refractivity contribution is 5.63. The van der Waals surface area contributed by atoms with E-state index in [9.17, 15) is 4.39 Å². The first kappa shape index (κ1) is 12.6. The van der Waals surface area contributed by atoms with E-state index >= 15 is 0 Å². The molecule has 0 atom stereocenters. The van der Waals surface area contributed by atoms with Crippen LogP contribution in [0.15, 0.2) is 61.1 Å². The van der Waals surface area contributed by atoms with Crippen molar-refractivity contribution in [1.82, 2.24) is 24.6 Å². The molecule has 6 heteroatoms. The molecule has 0 saturated heterocycles. The summed E-state index contributed by atoms with van der Waals surface area (Å²) < 4.78 is 14.7. The Morgan fingerprint density at radius 3 is 2.36 bits per heavy atom. The van der Waals surface area contributed by atoms with Gasteiger partial charge in [-0.15, -0.1) is 5.10 Å². The zero-order chi connectivity index (χ0) is 14.9. The molecule has 0 aliphatic rings. The van der Waals surface area contributed by atoms with Crippen LogP contribution in [0, 0.1) is 5.82 Å². The molecule has 0 spiro atoms. The second-order valence-corrected chi connectivity index (χ2v) is 4.72. The topological polar surface area (TPSA) is 56.0 Å². The highest BCUT2D eigenvalue weighted by Crippen LogP contribution is 2.21. The Bertz CT molecular complexity index is 932. The largest absolute Gasteiger partial charge is 0.265 e. The molecular weight excluding hydrogens is 281 g/mol. The van der Waals surface area contributed by atoms with Crippen LogP contribution in [-0.4, -0.2) is 24.6 Å². The molecule has 0 fully saturated rings. The van der Waals surface area contributed by atoms with E-state index in [4.69, 9.17) is 0 Å². The summed E-state index contributed by atoms with van der Waals surface area (Å²) in [7, 11) is 0. The van der Waals surface area contributed by atoms with Crippen molar-refractivity contribution in [2.75, 3.05) is 0 Å². The van der Waals surface area contributed by atoms with Crippen molar-refractivity contribution in [2.24, 2.45) is 0 Å². The summed E-state index contributed by atoms with van der Waals surface area (Å²) in [5.41, 5.74) is 2.52. The molecule has 4 rings (SSSR count). The molecule has 3 aromatic heterocycles. The fourth-order valence-corrected chi connectivity index (χ4v) is 2.26. The third-order valence-corrected chi connectivity index (χ3v) is 3.32. The maximum Gasteiger partial charge on any atom is 0.253 e. The van der Waals surface area contributed by atoms with E-state index in [1.807, 2.05) is 18.2 Å². The fraction of sp³-hybridized carbons (Fsp3) is 0. The van der Waals surface area contributed by atoms with Crippen LogP contribution in [0.1, 0.15) is 0 Å². The van der Waals surface area contributed by atoms with Crippen LogP contribution in [0.3, 0.4) is 0 Å². The van der Waals surface area contributed by atoms with Crippen molar-refractivity contribution in [3.63, 3.8) is 0 Å². The molecule has 0 unspecified atom stereocenters. The van der Waals surface area contributed by atoms with Crippen LogP contribution in [0.5, 0.6) is 0 Å². The van der Waals surface area contributed by atoms with E-state index in [-0.39, 0.29) is 5.82 Å². The van der Waals surface area contributed by atoms with Gasteiger partial charge in [0.1, 0.15) is 5.82 Å². The van der Waals surface area contributed by atoms with Gasteiger partial charge in [0.25, 0.3) is 5.78 Å². The van der Waals surface area contributed by atoms with E-state index in [1.54, 1.807) is 35.2 Å². The zero-order valence-electron chi connectivity index (χ0n) is 11.4. The molecule has 106 valence electrons. The maximum absolute atomic E-state index is 13.1. The Balaban J connectivity index is 1.90. The molecule has 5 nitrogen and oxygen atoms in total. The number of aromatic nitrogens is 5. The number of benzene rings is 1. The van der Waals surface area contributed by atoms with E-state index in [0.29, 0.717) is 11.6 Å². The van der Waals surface area contributed by atoms with Gasteiger partial charge in [0.15, 0.2) is 5.82 Å². The Labute approximate surface area is 125 Å². The molecule has 4 aromatic rings. The number of nitrogens with zero attached hydrogens (tertiary/aromatic N) is 5. The minimum atomic E-state index is -0.273. The van der Waals surface area contributed by atoms with Gasteiger partial charge in [-0.1, -0.05) is 0 Å². The maximum atomic E-state index is 13.1. The Morgan fingerprint density at radius 2 is 1.59 bits per heavy atom. The normalized spacial score (nSPS) is 11.0. The SMILES string of the molecule is Fc1ccc(-c2ccnc3nc(-c4ccncc4)nn23)cc1. The first-order valence-electron chi connectivity index (χ1n) is 6.69. The summed E-state index contributed by atoms with van der Waals surface area (Å²) in [6.07, 6.45) is 5.05. The van der Waals surface area contributed by atoms with Gasteiger partial charge in [0.05, 0.1) is 5.69 Å². The molecule has 0 radical (unpaired) electrons. The van der Waals surface area contributed by atoms with E-state index in [2.05, 4.69) is 20.1 Å². The van der Waals surface area contributed by atoms with Crippen LogP contribution in [0.2, 0.25) is 0 Å². The van der Waals surface area contributed by atoms with Gasteiger partial charge >= 0.3 is 0 Å². The van der Waals surface area contributed by atoms with Crippen LogP contribution in [0.4, 0.5) is 4.39 Å². The standard InChI is InChI=1S/C16H10FN5/c17-13-3-1-11(2-4-13)14-7-10-19-16-20-15(21-22(14)16)12-5-8-18-9-6-12/h1-10H. The summed E-state index contributed by atoms with van der Waals surface area (Å²) in [6, 6.07) is 11.8. The lowest BCUT2D eigenvalue weighted by atomic mass is 10.1. The third-order valence-electron chi connectivity index (χ3n) is 3.32. The molecule has 3 heterocycles. The first-order chi connectivity index (χ1) is 10.8. The number of fused-ring (bicyclic) bond motifs is 1. The van der Waals surface area contributed by atoms with Crippen molar-refractivity contribution >= 4 is 5.78 Å². The van der Waals surface area contributed by atoms with E-state index < -0.39 is 0 Å². The van der Waals surface area contributed by atoms with Crippen LogP contribution >= 0.6 is 0 Å². The molecule has 0 bridgehead atoms. The molecule has 0 amide bonds. The van der Waals surface area contributed by atoms with Crippen molar-refractivity contribution < 1.29 is 4.39 Å². The van der Waals surface area contributed by atoms with Gasteiger partial charge in [-0.05, 0) is 42.5 Å². The van der Waals surface area contributed by atoms with Crippen molar-refractivity contribution in [3.8, 4) is 22.6 Å². The van der Waals surface area contributed by atoms with Crippen molar-refractivity contribution in [2.45, 2.75) is 0 Å². The number of hydrogen-bond acceptors (Lipinski definition) is 4. The Hall–Kier alpha value is -3.15. The highest BCUT2D eigenvalue weighted by atomic mass is 19.1. The Morgan fingerprint density at radius 1 is 0.818 bits per heavy atom. The number of hydrogen-bond donors (Lipinski definition) is 0. The summed E-state index contributed by atoms with van der Waals surface area (Å²) in [4.78, 5) is 12.6. The van der Waals surface area contributed by atoms with Gasteiger partial charge in [-0.2, -0.15) is 9.50 Å². The minimum Gasteiger partial charge on any atom is -0.265 e. The summed E-state index contributed by atoms with van der Waals surface area (Å²) in [5, 5.41) is 4.50. The van der Waals surface area contributed by atoms with E-state index in [0.717, 1.165) is 16.8 Å². The molecule has 22 heavy (non-hydrogen) atoms. The van der Waals surface area contributed by atoms with Crippen molar-refractivity contribution in [1.29, 1.82) is 0 Å². The van der Waals surface area contributed by atoms with Gasteiger partial charge in [0.2, 0.25) is 0 Å². The average molecular weight is 291 g/mol. The average Bonchev–Trinajstić information content (AvgIpc) is 3.01. The fourth-order valence-electron chi connectivity index (χ4n) is 2.26. The molecule has 0 saturated carbocycles. The second kappa shape index (κ2) is 5.00. The number of halogens is 1. The van der Waals surface area contributed by atoms with Gasteiger partial charge in [-0.3, -0.25) is 4.98 Å². The smallest absolute Gasteiger partial charge is 0.253 e. The predicted molar refractivity (Wildman–Crippen MR) is 79.4 cm³/mol. The van der Waals surface area contributed by atoms with Gasteiger partial charge in [0, 0.05) is 29.7 Å². The van der Waals surface area contributed by atoms with Crippen LogP contribution in [-0.2, 0) is 0 Å². The molecular formula is C16H10FN5. The number of rotatable bonds is 2.